The second-order valence-corrected chi connectivity index (χ2v) is 8.11. The Hall–Kier alpha value is -2.45. The molecule has 0 N–H and O–H groups in total. The molecule has 0 bridgehead atoms. The molecule has 4 rings (SSSR count). The molecule has 0 spiro atoms. The van der Waals surface area contributed by atoms with Gasteiger partial charge in [-0.2, -0.15) is 5.10 Å². The van der Waals surface area contributed by atoms with Gasteiger partial charge in [-0.15, -0.1) is 0 Å². The summed E-state index contributed by atoms with van der Waals surface area (Å²) in [7, 11) is 0. The first-order valence-corrected chi connectivity index (χ1v) is 10.8. The molecule has 0 saturated carbocycles. The highest BCUT2D eigenvalue weighted by molar-refractivity contribution is 9.10. The van der Waals surface area contributed by atoms with Gasteiger partial charge in [0.2, 0.25) is 0 Å². The molecular formula is C22H23BrFN3O3. The molecule has 2 aromatic heterocycles. The molecule has 8 heteroatoms. The van der Waals surface area contributed by atoms with Gasteiger partial charge in [-0.1, -0.05) is 6.07 Å². The largest absolute Gasteiger partial charge is 0.490 e. The number of aryl methyl sites for hydroxylation is 1. The minimum Gasteiger partial charge on any atom is -0.490 e. The SMILES string of the molecule is CCn1cc(Cc2cccn(-c3cc(OC4CCOCC4)cc(Br)c3F)c2=O)cn1. The van der Waals surface area contributed by atoms with E-state index in [-0.39, 0.29) is 21.8 Å². The Labute approximate surface area is 182 Å². The molecule has 30 heavy (non-hydrogen) atoms. The van der Waals surface area contributed by atoms with E-state index in [2.05, 4.69) is 21.0 Å². The highest BCUT2D eigenvalue weighted by atomic mass is 79.9. The number of hydrogen-bond donors (Lipinski definition) is 0. The molecule has 6 nitrogen and oxygen atoms in total. The predicted molar refractivity (Wildman–Crippen MR) is 115 cm³/mol. The van der Waals surface area contributed by atoms with Gasteiger partial charge in [0.25, 0.3) is 5.56 Å². The fourth-order valence-corrected chi connectivity index (χ4v) is 3.96. The van der Waals surface area contributed by atoms with Gasteiger partial charge in [-0.25, -0.2) is 4.39 Å². The smallest absolute Gasteiger partial charge is 0.258 e. The number of pyridine rings is 1. The number of nitrogens with zero attached hydrogens (tertiary/aromatic N) is 3. The van der Waals surface area contributed by atoms with Crippen molar-refractivity contribution in [1.82, 2.24) is 14.3 Å². The summed E-state index contributed by atoms with van der Waals surface area (Å²) < 4.78 is 29.7. The van der Waals surface area contributed by atoms with Crippen LogP contribution in [0.15, 0.2) is 52.1 Å². The van der Waals surface area contributed by atoms with E-state index in [0.29, 0.717) is 30.9 Å². The summed E-state index contributed by atoms with van der Waals surface area (Å²) in [5, 5.41) is 4.25. The van der Waals surface area contributed by atoms with E-state index in [1.54, 1.807) is 36.7 Å². The Bertz CT molecular complexity index is 1090. The van der Waals surface area contributed by atoms with Crippen LogP contribution in [0.25, 0.3) is 5.69 Å². The minimum atomic E-state index is -0.507. The van der Waals surface area contributed by atoms with Crippen molar-refractivity contribution in [2.24, 2.45) is 0 Å². The molecule has 1 saturated heterocycles. The predicted octanol–water partition coefficient (Wildman–Crippen LogP) is 4.10. The lowest BCUT2D eigenvalue weighted by Crippen LogP contribution is -2.26. The summed E-state index contributed by atoms with van der Waals surface area (Å²) in [5.74, 6) is 0.0130. The second kappa shape index (κ2) is 9.14. The van der Waals surface area contributed by atoms with Gasteiger partial charge in [-0.3, -0.25) is 14.0 Å². The van der Waals surface area contributed by atoms with Gasteiger partial charge in [-0.05, 0) is 40.5 Å². The summed E-state index contributed by atoms with van der Waals surface area (Å²) >= 11 is 3.26. The van der Waals surface area contributed by atoms with Crippen LogP contribution >= 0.6 is 15.9 Å². The van der Waals surface area contributed by atoms with Crippen LogP contribution in [-0.4, -0.2) is 33.7 Å². The minimum absolute atomic E-state index is 0.0159. The fourth-order valence-electron chi connectivity index (χ4n) is 3.53. The Kier molecular flexibility index (Phi) is 6.34. The van der Waals surface area contributed by atoms with E-state index in [1.807, 2.05) is 17.8 Å². The van der Waals surface area contributed by atoms with Crippen LogP contribution in [0, 0.1) is 5.82 Å². The van der Waals surface area contributed by atoms with Crippen molar-refractivity contribution in [3.05, 3.63) is 74.6 Å². The Morgan fingerprint density at radius 1 is 1.33 bits per heavy atom. The topological polar surface area (TPSA) is 58.3 Å². The Morgan fingerprint density at radius 2 is 2.13 bits per heavy atom. The van der Waals surface area contributed by atoms with Crippen LogP contribution in [0.1, 0.15) is 30.9 Å². The molecule has 1 aliphatic heterocycles. The van der Waals surface area contributed by atoms with Gasteiger partial charge in [0, 0.05) is 49.8 Å². The first-order chi connectivity index (χ1) is 14.5. The van der Waals surface area contributed by atoms with E-state index in [9.17, 15) is 9.18 Å². The second-order valence-electron chi connectivity index (χ2n) is 7.26. The number of hydrogen-bond acceptors (Lipinski definition) is 4. The van der Waals surface area contributed by atoms with Gasteiger partial charge in [0.1, 0.15) is 11.9 Å². The van der Waals surface area contributed by atoms with Gasteiger partial charge in [0.15, 0.2) is 5.82 Å². The van der Waals surface area contributed by atoms with Crippen LogP contribution < -0.4 is 10.3 Å². The van der Waals surface area contributed by atoms with Crippen molar-refractivity contribution < 1.29 is 13.9 Å². The summed E-state index contributed by atoms with van der Waals surface area (Å²) in [6.45, 7) is 4.06. The standard InChI is InChI=1S/C22H23BrFN3O3/c1-2-26-14-15(13-25-26)10-16-4-3-7-27(22(16)28)20-12-18(11-19(23)21(20)24)30-17-5-8-29-9-6-17/h3-4,7,11-14,17H,2,5-6,8-10H2,1H3. The first kappa shape index (κ1) is 20.8. The highest BCUT2D eigenvalue weighted by Gasteiger charge is 2.19. The fraction of sp³-hybridized carbons (Fsp3) is 0.364. The van der Waals surface area contributed by atoms with Crippen molar-refractivity contribution in [3.8, 4) is 11.4 Å². The molecule has 3 heterocycles. The maximum Gasteiger partial charge on any atom is 0.258 e. The van der Waals surface area contributed by atoms with Crippen molar-refractivity contribution in [1.29, 1.82) is 0 Å². The van der Waals surface area contributed by atoms with Crippen molar-refractivity contribution in [2.75, 3.05) is 13.2 Å². The summed E-state index contributed by atoms with van der Waals surface area (Å²) in [6.07, 6.45) is 7.25. The lowest BCUT2D eigenvalue weighted by molar-refractivity contribution is 0.0255. The maximum absolute atomic E-state index is 14.9. The quantitative estimate of drug-likeness (QED) is 0.538. The van der Waals surface area contributed by atoms with Crippen LogP contribution in [0.5, 0.6) is 5.75 Å². The lowest BCUT2D eigenvalue weighted by Gasteiger charge is -2.24. The van der Waals surface area contributed by atoms with E-state index in [4.69, 9.17) is 9.47 Å². The third kappa shape index (κ3) is 4.49. The van der Waals surface area contributed by atoms with Crippen LogP contribution in [0.3, 0.4) is 0 Å². The third-order valence-corrected chi connectivity index (χ3v) is 5.72. The van der Waals surface area contributed by atoms with Crippen molar-refractivity contribution >= 4 is 15.9 Å². The van der Waals surface area contributed by atoms with Gasteiger partial charge in [0.05, 0.1) is 29.6 Å². The Balaban J connectivity index is 1.66. The average Bonchev–Trinajstić information content (AvgIpc) is 3.21. The van der Waals surface area contributed by atoms with Crippen LogP contribution in [-0.2, 0) is 17.7 Å². The van der Waals surface area contributed by atoms with E-state index in [0.717, 1.165) is 24.9 Å². The number of halogens is 2. The molecule has 0 aliphatic carbocycles. The molecular weight excluding hydrogens is 453 g/mol. The number of aromatic nitrogens is 3. The third-order valence-electron chi connectivity index (χ3n) is 5.14. The maximum atomic E-state index is 14.9. The molecule has 1 aromatic carbocycles. The van der Waals surface area contributed by atoms with Crippen molar-refractivity contribution in [3.63, 3.8) is 0 Å². The molecule has 0 radical (unpaired) electrons. The van der Waals surface area contributed by atoms with Gasteiger partial charge >= 0.3 is 0 Å². The zero-order valence-corrected chi connectivity index (χ0v) is 18.3. The number of ether oxygens (including phenoxy) is 2. The zero-order chi connectivity index (χ0) is 21.1. The molecule has 0 amide bonds. The number of benzene rings is 1. The molecule has 1 fully saturated rings. The monoisotopic (exact) mass is 475 g/mol. The average molecular weight is 476 g/mol. The Morgan fingerprint density at radius 3 is 2.87 bits per heavy atom. The number of rotatable bonds is 6. The van der Waals surface area contributed by atoms with Gasteiger partial charge < -0.3 is 9.47 Å². The molecule has 158 valence electrons. The van der Waals surface area contributed by atoms with E-state index >= 15 is 0 Å². The van der Waals surface area contributed by atoms with E-state index < -0.39 is 5.82 Å². The highest BCUT2D eigenvalue weighted by Crippen LogP contribution is 2.29. The van der Waals surface area contributed by atoms with Crippen molar-refractivity contribution in [2.45, 2.75) is 38.8 Å². The molecule has 0 atom stereocenters. The molecule has 3 aromatic rings. The molecule has 0 unspecified atom stereocenters. The summed E-state index contributed by atoms with van der Waals surface area (Å²) in [6, 6.07) is 6.69. The zero-order valence-electron chi connectivity index (χ0n) is 16.7. The first-order valence-electron chi connectivity index (χ1n) is 10.0. The van der Waals surface area contributed by atoms with Crippen LogP contribution in [0.4, 0.5) is 4.39 Å². The normalized spacial score (nSPS) is 14.8. The lowest BCUT2D eigenvalue weighted by atomic mass is 10.1. The summed E-state index contributed by atoms with van der Waals surface area (Å²) in [5.41, 5.74) is 1.39. The molecule has 1 aliphatic rings. The van der Waals surface area contributed by atoms with E-state index in [1.165, 1.54) is 4.57 Å². The van der Waals surface area contributed by atoms with Crippen LogP contribution in [0.2, 0.25) is 0 Å². The summed E-state index contributed by atoms with van der Waals surface area (Å²) in [4.78, 5) is 13.1.